The number of rotatable bonds is 6. The van der Waals surface area contributed by atoms with Crippen LogP contribution in [-0.2, 0) is 6.42 Å². The Morgan fingerprint density at radius 3 is 2.41 bits per heavy atom. The van der Waals surface area contributed by atoms with Crippen molar-refractivity contribution >= 4 is 17.5 Å². The molecule has 0 saturated carbocycles. The molecule has 0 aliphatic rings. The molecule has 0 spiro atoms. The van der Waals surface area contributed by atoms with E-state index in [0.717, 1.165) is 22.9 Å². The molecular formula is C21H17N3O2S. The predicted octanol–water partition coefficient (Wildman–Crippen LogP) is 3.85. The fourth-order valence-electron chi connectivity index (χ4n) is 2.63. The largest absolute Gasteiger partial charge is 0.300 e. The molecule has 0 bridgehead atoms. The average Bonchev–Trinajstić information content (AvgIpc) is 2.72. The van der Waals surface area contributed by atoms with Gasteiger partial charge in [-0.15, -0.1) is 0 Å². The van der Waals surface area contributed by atoms with Gasteiger partial charge in [0.05, 0.1) is 11.4 Å². The highest BCUT2D eigenvalue weighted by atomic mass is 32.2. The summed E-state index contributed by atoms with van der Waals surface area (Å²) in [7, 11) is 0. The van der Waals surface area contributed by atoms with Gasteiger partial charge in [0.15, 0.2) is 10.9 Å². The molecule has 0 amide bonds. The van der Waals surface area contributed by atoms with Gasteiger partial charge in [-0.25, -0.2) is 4.98 Å². The number of Topliss-reactive ketones (excluding diaryl/α,β-unsaturated/α-hetero) is 1. The van der Waals surface area contributed by atoms with Crippen molar-refractivity contribution in [2.45, 2.75) is 18.5 Å². The Labute approximate surface area is 161 Å². The second kappa shape index (κ2) is 8.47. The predicted molar refractivity (Wildman–Crippen MR) is 106 cm³/mol. The van der Waals surface area contributed by atoms with Crippen LogP contribution in [0.4, 0.5) is 0 Å². The Kier molecular flexibility index (Phi) is 5.84. The highest BCUT2D eigenvalue weighted by Crippen LogP contribution is 2.21. The lowest BCUT2D eigenvalue weighted by atomic mass is 10.0. The van der Waals surface area contributed by atoms with E-state index in [0.29, 0.717) is 22.8 Å². The van der Waals surface area contributed by atoms with Crippen LogP contribution in [0.25, 0.3) is 11.1 Å². The minimum atomic E-state index is -0.466. The molecule has 3 rings (SSSR count). The number of ketones is 1. The lowest BCUT2D eigenvalue weighted by Gasteiger charge is -2.05. The molecule has 0 fully saturated rings. The van der Waals surface area contributed by atoms with Gasteiger partial charge in [-0.05, 0) is 17.5 Å². The van der Waals surface area contributed by atoms with Crippen LogP contribution in [0.1, 0.15) is 28.5 Å². The molecule has 134 valence electrons. The maximum atomic E-state index is 12.4. The van der Waals surface area contributed by atoms with Gasteiger partial charge in [0.1, 0.15) is 11.6 Å². The molecule has 3 aromatic rings. The number of nitriles is 1. The second-order valence-corrected chi connectivity index (χ2v) is 6.78. The summed E-state index contributed by atoms with van der Waals surface area (Å²) >= 11 is 1.16. The smallest absolute Gasteiger partial charge is 0.269 e. The van der Waals surface area contributed by atoms with Crippen molar-refractivity contribution in [2.24, 2.45) is 0 Å². The summed E-state index contributed by atoms with van der Waals surface area (Å²) in [5.74, 6) is 0.104. The molecule has 1 N–H and O–H groups in total. The van der Waals surface area contributed by atoms with Gasteiger partial charge in [-0.2, -0.15) is 5.26 Å². The van der Waals surface area contributed by atoms with E-state index in [9.17, 15) is 9.59 Å². The minimum Gasteiger partial charge on any atom is -0.300 e. The number of nitrogens with zero attached hydrogens (tertiary/aromatic N) is 2. The summed E-state index contributed by atoms with van der Waals surface area (Å²) in [6.45, 7) is 1.83. The Morgan fingerprint density at radius 2 is 1.78 bits per heavy atom. The Bertz CT molecular complexity index is 1050. The molecule has 0 radical (unpaired) electrons. The lowest BCUT2D eigenvalue weighted by molar-refractivity contribution is 0.102. The van der Waals surface area contributed by atoms with Gasteiger partial charge in [0.25, 0.3) is 5.56 Å². The van der Waals surface area contributed by atoms with E-state index < -0.39 is 5.56 Å². The zero-order chi connectivity index (χ0) is 19.2. The zero-order valence-corrected chi connectivity index (χ0v) is 15.5. The van der Waals surface area contributed by atoms with Gasteiger partial charge in [-0.1, -0.05) is 73.3 Å². The van der Waals surface area contributed by atoms with Crippen molar-refractivity contribution < 1.29 is 4.79 Å². The van der Waals surface area contributed by atoms with Crippen LogP contribution >= 0.6 is 11.8 Å². The molecule has 0 atom stereocenters. The fraction of sp³-hybridized carbons (Fsp3) is 0.143. The first-order chi connectivity index (χ1) is 13.1. The van der Waals surface area contributed by atoms with E-state index in [2.05, 4.69) is 9.97 Å². The van der Waals surface area contributed by atoms with Crippen LogP contribution in [0, 0.1) is 11.3 Å². The van der Waals surface area contributed by atoms with E-state index in [-0.39, 0.29) is 17.1 Å². The first-order valence-corrected chi connectivity index (χ1v) is 9.45. The van der Waals surface area contributed by atoms with Crippen LogP contribution in [-0.4, -0.2) is 21.5 Å². The van der Waals surface area contributed by atoms with Crippen LogP contribution < -0.4 is 5.56 Å². The van der Waals surface area contributed by atoms with Gasteiger partial charge < -0.3 is 4.98 Å². The van der Waals surface area contributed by atoms with Crippen molar-refractivity contribution in [2.75, 3.05) is 5.75 Å². The topological polar surface area (TPSA) is 86.6 Å². The second-order valence-electron chi connectivity index (χ2n) is 5.81. The molecule has 27 heavy (non-hydrogen) atoms. The van der Waals surface area contributed by atoms with E-state index in [1.165, 1.54) is 0 Å². The molecule has 0 aliphatic heterocycles. The third kappa shape index (κ3) is 4.33. The molecule has 0 aliphatic carbocycles. The van der Waals surface area contributed by atoms with E-state index in [4.69, 9.17) is 5.26 Å². The zero-order valence-electron chi connectivity index (χ0n) is 14.7. The Morgan fingerprint density at radius 1 is 1.11 bits per heavy atom. The number of aromatic amines is 1. The summed E-state index contributed by atoms with van der Waals surface area (Å²) < 4.78 is 0. The monoisotopic (exact) mass is 375 g/mol. The van der Waals surface area contributed by atoms with Crippen molar-refractivity contribution in [3.63, 3.8) is 0 Å². The van der Waals surface area contributed by atoms with Crippen molar-refractivity contribution in [1.82, 2.24) is 9.97 Å². The number of H-pyrrole nitrogens is 1. The molecule has 0 saturated heterocycles. The quantitative estimate of drug-likeness (QED) is 0.402. The molecule has 1 heterocycles. The molecule has 0 unspecified atom stereocenters. The van der Waals surface area contributed by atoms with Gasteiger partial charge in [0, 0.05) is 5.56 Å². The third-order valence-corrected chi connectivity index (χ3v) is 4.95. The molecule has 1 aromatic heterocycles. The van der Waals surface area contributed by atoms with Gasteiger partial charge in [-0.3, -0.25) is 9.59 Å². The van der Waals surface area contributed by atoms with E-state index >= 15 is 0 Å². The molecular weight excluding hydrogens is 358 g/mol. The molecule has 2 aromatic carbocycles. The van der Waals surface area contributed by atoms with Gasteiger partial charge in [0.2, 0.25) is 0 Å². The van der Waals surface area contributed by atoms with Gasteiger partial charge >= 0.3 is 0 Å². The SMILES string of the molecule is CCc1nc(SCC(=O)c2ccc(-c3ccccc3)cc2)[nH]c(=O)c1C#N. The Balaban J connectivity index is 1.70. The number of hydrogen-bond acceptors (Lipinski definition) is 5. The highest BCUT2D eigenvalue weighted by Gasteiger charge is 2.12. The van der Waals surface area contributed by atoms with E-state index in [1.807, 2.05) is 55.5 Å². The molecule has 6 heteroatoms. The number of nitrogens with one attached hydrogen (secondary N) is 1. The van der Waals surface area contributed by atoms with Crippen LogP contribution in [0.5, 0.6) is 0 Å². The van der Waals surface area contributed by atoms with E-state index in [1.54, 1.807) is 12.1 Å². The third-order valence-electron chi connectivity index (χ3n) is 4.07. The van der Waals surface area contributed by atoms with Crippen molar-refractivity contribution in [3.8, 4) is 17.2 Å². The maximum Gasteiger partial charge on any atom is 0.269 e. The fourth-order valence-corrected chi connectivity index (χ4v) is 3.41. The number of hydrogen-bond donors (Lipinski definition) is 1. The first kappa shape index (κ1) is 18.6. The summed E-state index contributed by atoms with van der Waals surface area (Å²) in [5, 5.41) is 9.37. The minimum absolute atomic E-state index is 0.0321. The number of carbonyl (C=O) groups is 1. The summed E-state index contributed by atoms with van der Waals surface area (Å²) in [5.41, 5.74) is 2.76. The number of aromatic nitrogens is 2. The normalized spacial score (nSPS) is 10.4. The van der Waals surface area contributed by atoms with Crippen molar-refractivity contribution in [3.05, 3.63) is 81.8 Å². The van der Waals surface area contributed by atoms with Crippen LogP contribution in [0.3, 0.4) is 0 Å². The standard InChI is InChI=1S/C21H17N3O2S/c1-2-18-17(12-22)20(26)24-21(23-18)27-13-19(25)16-10-8-15(9-11-16)14-6-4-3-5-7-14/h3-11H,2,13H2,1H3,(H,23,24,26). The Hall–Kier alpha value is -3.17. The highest BCUT2D eigenvalue weighted by molar-refractivity contribution is 7.99. The van der Waals surface area contributed by atoms with Crippen LogP contribution in [0.15, 0.2) is 64.5 Å². The maximum absolute atomic E-state index is 12.4. The van der Waals surface area contributed by atoms with Crippen LogP contribution in [0.2, 0.25) is 0 Å². The number of benzene rings is 2. The number of carbonyl (C=O) groups excluding carboxylic acids is 1. The lowest BCUT2D eigenvalue weighted by Crippen LogP contribution is -2.16. The first-order valence-electron chi connectivity index (χ1n) is 8.47. The average molecular weight is 375 g/mol. The summed E-state index contributed by atoms with van der Waals surface area (Å²) in [6.07, 6.45) is 0.481. The number of thioether (sulfide) groups is 1. The summed E-state index contributed by atoms with van der Waals surface area (Å²) in [6, 6.07) is 19.3. The summed E-state index contributed by atoms with van der Waals surface area (Å²) in [4.78, 5) is 31.2. The number of aryl methyl sites for hydroxylation is 1. The molecule has 5 nitrogen and oxygen atoms in total. The van der Waals surface area contributed by atoms with Crippen molar-refractivity contribution in [1.29, 1.82) is 5.26 Å².